The molecule has 164 valence electrons. The molecule has 5 rings (SSSR count). The van der Waals surface area contributed by atoms with Gasteiger partial charge in [-0.05, 0) is 75.8 Å². The molecule has 0 spiro atoms. The number of fused-ring (bicyclic) bond motifs is 1. The average Bonchev–Trinajstić information content (AvgIpc) is 3.36. The standard InChI is InChI=1S/C22H27N5O3S/c1-22(2)11-3-13-27(22)31(29,30)17-8-6-16(7-9-17)24-20-19-18(10-12-23-21(19)28)26(25-20)14-15-4-5-15/h6-10,12,15H,3-5,11,13-14H2,1-2H3,(H,23,28)(H,24,25). The van der Waals surface area contributed by atoms with Crippen LogP contribution in [0, 0.1) is 5.92 Å². The van der Waals surface area contributed by atoms with Gasteiger partial charge in [-0.1, -0.05) is 0 Å². The highest BCUT2D eigenvalue weighted by Crippen LogP contribution is 2.35. The van der Waals surface area contributed by atoms with Gasteiger partial charge in [0, 0.05) is 30.5 Å². The van der Waals surface area contributed by atoms with Crippen LogP contribution < -0.4 is 10.9 Å². The molecule has 2 aromatic heterocycles. The molecule has 1 aliphatic carbocycles. The summed E-state index contributed by atoms with van der Waals surface area (Å²) in [6.07, 6.45) is 5.75. The van der Waals surface area contributed by atoms with E-state index in [0.29, 0.717) is 29.4 Å². The van der Waals surface area contributed by atoms with Gasteiger partial charge in [0.15, 0.2) is 5.82 Å². The van der Waals surface area contributed by atoms with Crippen LogP contribution in [-0.4, -0.2) is 39.6 Å². The molecule has 3 heterocycles. The Morgan fingerprint density at radius 1 is 1.19 bits per heavy atom. The lowest BCUT2D eigenvalue weighted by Gasteiger charge is -2.30. The zero-order valence-electron chi connectivity index (χ0n) is 17.8. The average molecular weight is 442 g/mol. The molecule has 0 atom stereocenters. The molecule has 1 aromatic carbocycles. The van der Waals surface area contributed by atoms with Crippen molar-refractivity contribution in [3.63, 3.8) is 0 Å². The van der Waals surface area contributed by atoms with E-state index in [1.165, 1.54) is 12.8 Å². The SMILES string of the molecule is CC1(C)CCCN1S(=O)(=O)c1ccc(Nc2nn(CC3CC3)c3cc[nH]c(=O)c23)cc1. The molecular weight excluding hydrogens is 414 g/mol. The van der Waals surface area contributed by atoms with Gasteiger partial charge in [0.05, 0.1) is 10.4 Å². The normalized spacial score (nSPS) is 19.2. The first-order valence-electron chi connectivity index (χ1n) is 10.7. The van der Waals surface area contributed by atoms with Gasteiger partial charge in [-0.25, -0.2) is 8.42 Å². The summed E-state index contributed by atoms with van der Waals surface area (Å²) in [5.74, 6) is 1.10. The number of nitrogens with zero attached hydrogens (tertiary/aromatic N) is 3. The van der Waals surface area contributed by atoms with Gasteiger partial charge in [0.1, 0.15) is 5.39 Å². The minimum absolute atomic E-state index is 0.197. The second-order valence-corrected chi connectivity index (χ2v) is 11.0. The van der Waals surface area contributed by atoms with Crippen molar-refractivity contribution in [1.82, 2.24) is 19.1 Å². The first-order chi connectivity index (χ1) is 14.8. The van der Waals surface area contributed by atoms with Gasteiger partial charge in [0.25, 0.3) is 5.56 Å². The molecule has 2 fully saturated rings. The lowest BCUT2D eigenvalue weighted by Crippen LogP contribution is -2.42. The van der Waals surface area contributed by atoms with Crippen molar-refractivity contribution in [2.45, 2.75) is 56.5 Å². The molecule has 0 unspecified atom stereocenters. The summed E-state index contributed by atoms with van der Waals surface area (Å²) in [5, 5.41) is 8.36. The summed E-state index contributed by atoms with van der Waals surface area (Å²) in [5.41, 5.74) is 0.913. The summed E-state index contributed by atoms with van der Waals surface area (Å²) in [6, 6.07) is 8.53. The fourth-order valence-corrected chi connectivity index (χ4v) is 6.26. The van der Waals surface area contributed by atoms with Gasteiger partial charge in [-0.15, -0.1) is 0 Å². The van der Waals surface area contributed by atoms with Crippen molar-refractivity contribution in [2.24, 2.45) is 5.92 Å². The minimum atomic E-state index is -3.55. The third kappa shape index (κ3) is 3.65. The Labute approximate surface area is 181 Å². The largest absolute Gasteiger partial charge is 0.338 e. The van der Waals surface area contributed by atoms with Gasteiger partial charge < -0.3 is 10.3 Å². The Kier molecular flexibility index (Phi) is 4.71. The lowest BCUT2D eigenvalue weighted by molar-refractivity contribution is 0.292. The summed E-state index contributed by atoms with van der Waals surface area (Å²) < 4.78 is 29.7. The maximum Gasteiger partial charge on any atom is 0.261 e. The number of benzene rings is 1. The first kappa shape index (κ1) is 20.3. The molecule has 0 amide bonds. The van der Waals surface area contributed by atoms with Crippen LogP contribution >= 0.6 is 0 Å². The molecule has 3 aromatic rings. The summed E-state index contributed by atoms with van der Waals surface area (Å²) in [6.45, 7) is 5.27. The highest BCUT2D eigenvalue weighted by Gasteiger charge is 2.40. The number of nitrogens with one attached hydrogen (secondary N) is 2. The van der Waals surface area contributed by atoms with E-state index in [-0.39, 0.29) is 16.0 Å². The monoisotopic (exact) mass is 441 g/mol. The second-order valence-electron chi connectivity index (χ2n) is 9.18. The molecular formula is C22H27N5O3S. The van der Waals surface area contributed by atoms with Crippen molar-refractivity contribution in [2.75, 3.05) is 11.9 Å². The van der Waals surface area contributed by atoms with Crippen LogP contribution in [0.2, 0.25) is 0 Å². The van der Waals surface area contributed by atoms with Gasteiger partial charge >= 0.3 is 0 Å². The van der Waals surface area contributed by atoms with E-state index in [4.69, 9.17) is 0 Å². The third-order valence-corrected chi connectivity index (χ3v) is 8.46. The summed E-state index contributed by atoms with van der Waals surface area (Å²) >= 11 is 0. The van der Waals surface area contributed by atoms with Gasteiger partial charge in [0.2, 0.25) is 10.0 Å². The topological polar surface area (TPSA) is 100 Å². The molecule has 1 saturated carbocycles. The zero-order chi connectivity index (χ0) is 21.8. The Morgan fingerprint density at radius 2 is 1.94 bits per heavy atom. The smallest absolute Gasteiger partial charge is 0.261 e. The van der Waals surface area contributed by atoms with Crippen LogP contribution in [0.4, 0.5) is 11.5 Å². The van der Waals surface area contributed by atoms with E-state index in [0.717, 1.165) is 24.9 Å². The van der Waals surface area contributed by atoms with E-state index in [1.54, 1.807) is 34.8 Å². The Bertz CT molecular complexity index is 1290. The number of sulfonamides is 1. The molecule has 1 saturated heterocycles. The van der Waals surface area contributed by atoms with Crippen LogP contribution in [0.25, 0.3) is 10.9 Å². The molecule has 9 heteroatoms. The van der Waals surface area contributed by atoms with Crippen LogP contribution in [0.1, 0.15) is 39.5 Å². The predicted molar refractivity (Wildman–Crippen MR) is 120 cm³/mol. The van der Waals surface area contributed by atoms with E-state index in [2.05, 4.69) is 15.4 Å². The fourth-order valence-electron chi connectivity index (χ4n) is 4.41. The van der Waals surface area contributed by atoms with Crippen molar-refractivity contribution in [3.05, 3.63) is 46.9 Å². The fraction of sp³-hybridized carbons (Fsp3) is 0.455. The highest BCUT2D eigenvalue weighted by atomic mass is 32.2. The molecule has 8 nitrogen and oxygen atoms in total. The van der Waals surface area contributed by atoms with Crippen LogP contribution in [0.5, 0.6) is 0 Å². The maximum absolute atomic E-state index is 13.1. The molecule has 31 heavy (non-hydrogen) atoms. The highest BCUT2D eigenvalue weighted by molar-refractivity contribution is 7.89. The number of pyridine rings is 1. The molecule has 2 aliphatic rings. The van der Waals surface area contributed by atoms with E-state index >= 15 is 0 Å². The summed E-state index contributed by atoms with van der Waals surface area (Å²) in [7, 11) is -3.55. The molecule has 2 N–H and O–H groups in total. The van der Waals surface area contributed by atoms with Crippen molar-refractivity contribution in [3.8, 4) is 0 Å². The maximum atomic E-state index is 13.1. The Hall–Kier alpha value is -2.65. The van der Waals surface area contributed by atoms with Crippen LogP contribution in [-0.2, 0) is 16.6 Å². The minimum Gasteiger partial charge on any atom is -0.338 e. The van der Waals surface area contributed by atoms with E-state index in [1.807, 2.05) is 24.6 Å². The number of rotatable bonds is 6. The van der Waals surface area contributed by atoms with Crippen LogP contribution in [0.15, 0.2) is 46.2 Å². The number of anilines is 2. The third-order valence-electron chi connectivity index (χ3n) is 6.33. The number of aromatic amines is 1. The molecule has 1 aliphatic heterocycles. The number of hydrogen-bond acceptors (Lipinski definition) is 5. The van der Waals surface area contributed by atoms with Crippen molar-refractivity contribution < 1.29 is 8.42 Å². The predicted octanol–water partition coefficient (Wildman–Crippen LogP) is 3.44. The zero-order valence-corrected chi connectivity index (χ0v) is 18.6. The summed E-state index contributed by atoms with van der Waals surface area (Å²) in [4.78, 5) is 15.5. The van der Waals surface area contributed by atoms with Gasteiger partial charge in [-0.2, -0.15) is 9.40 Å². The van der Waals surface area contributed by atoms with Crippen LogP contribution in [0.3, 0.4) is 0 Å². The Morgan fingerprint density at radius 3 is 2.58 bits per heavy atom. The second kappa shape index (κ2) is 7.20. The number of aromatic nitrogens is 3. The Balaban J connectivity index is 1.44. The number of H-pyrrole nitrogens is 1. The van der Waals surface area contributed by atoms with Crippen molar-refractivity contribution in [1.29, 1.82) is 0 Å². The van der Waals surface area contributed by atoms with Gasteiger partial charge in [-0.3, -0.25) is 9.48 Å². The molecule has 0 bridgehead atoms. The van der Waals surface area contributed by atoms with Crippen molar-refractivity contribution >= 4 is 32.4 Å². The lowest BCUT2D eigenvalue weighted by atomic mass is 10.0. The quantitative estimate of drug-likeness (QED) is 0.610. The first-order valence-corrected chi connectivity index (χ1v) is 12.2. The van der Waals surface area contributed by atoms with E-state index in [9.17, 15) is 13.2 Å². The molecule has 0 radical (unpaired) electrons. The number of hydrogen-bond donors (Lipinski definition) is 2. The van der Waals surface area contributed by atoms with E-state index < -0.39 is 10.0 Å².